The number of nitriles is 1. The molecule has 1 unspecified atom stereocenters. The molecule has 0 amide bonds. The van der Waals surface area contributed by atoms with Crippen molar-refractivity contribution in [1.29, 1.82) is 5.26 Å². The largest absolute Gasteiger partial charge is 0.297 e. The fourth-order valence-corrected chi connectivity index (χ4v) is 2.26. The van der Waals surface area contributed by atoms with Gasteiger partial charge in [0.15, 0.2) is 0 Å². The Morgan fingerprint density at radius 1 is 1.71 bits per heavy atom. The van der Waals surface area contributed by atoms with E-state index < -0.39 is 0 Å². The molecule has 0 spiro atoms. The average molecular weight is 208 g/mol. The highest BCUT2D eigenvalue weighted by Crippen LogP contribution is 2.20. The predicted molar refractivity (Wildman–Crippen MR) is 53.5 cm³/mol. The van der Waals surface area contributed by atoms with Gasteiger partial charge in [-0.15, -0.1) is 0 Å². The van der Waals surface area contributed by atoms with E-state index in [1.54, 1.807) is 0 Å². The molecule has 14 heavy (non-hydrogen) atoms. The number of nitrogens with zero attached hydrogens (tertiary/aromatic N) is 4. The second-order valence-corrected chi connectivity index (χ2v) is 4.21. The summed E-state index contributed by atoms with van der Waals surface area (Å²) in [7, 11) is 0. The molecule has 1 fully saturated rings. The Balaban J connectivity index is 1.82. The fraction of sp³-hybridized carbons (Fsp3) is 0.667. The molecule has 0 aromatic carbocycles. The van der Waals surface area contributed by atoms with Gasteiger partial charge in [-0.1, -0.05) is 0 Å². The smallest absolute Gasteiger partial charge is 0.0883 e. The molecule has 2 heterocycles. The minimum atomic E-state index is 0.562. The van der Waals surface area contributed by atoms with Gasteiger partial charge in [0.1, 0.15) is 0 Å². The molecule has 1 aromatic rings. The Bertz CT molecular complexity index is 316. The summed E-state index contributed by atoms with van der Waals surface area (Å²) < 4.78 is 8.15. The lowest BCUT2D eigenvalue weighted by Gasteiger charge is -2.12. The molecular formula is C9H12N4S. The van der Waals surface area contributed by atoms with Crippen molar-refractivity contribution in [3.8, 4) is 6.07 Å². The van der Waals surface area contributed by atoms with Gasteiger partial charge >= 0.3 is 0 Å². The number of likely N-dealkylation sites (tertiary alicyclic amines) is 1. The normalized spacial score (nSPS) is 22.4. The maximum atomic E-state index is 8.58. The lowest BCUT2D eigenvalue weighted by atomic mass is 10.1. The molecule has 4 nitrogen and oxygen atoms in total. The minimum Gasteiger partial charge on any atom is -0.297 e. The summed E-state index contributed by atoms with van der Waals surface area (Å²) >= 11 is 1.26. The molecule has 0 saturated carbocycles. The van der Waals surface area contributed by atoms with Crippen LogP contribution in [0.5, 0.6) is 0 Å². The summed E-state index contributed by atoms with van der Waals surface area (Å²) in [5, 5.41) is 8.58. The molecule has 1 aliphatic rings. The SMILES string of the molecule is N#CCC1CCN(Cc2cnsn2)C1. The Morgan fingerprint density at radius 3 is 3.36 bits per heavy atom. The molecule has 1 aromatic heterocycles. The Labute approximate surface area is 87.5 Å². The van der Waals surface area contributed by atoms with Crippen molar-refractivity contribution in [2.75, 3.05) is 13.1 Å². The van der Waals surface area contributed by atoms with Gasteiger partial charge in [0.05, 0.1) is 29.7 Å². The third kappa shape index (κ3) is 2.28. The quantitative estimate of drug-likeness (QED) is 0.750. The van der Waals surface area contributed by atoms with Crippen LogP contribution >= 0.6 is 11.7 Å². The first-order valence-corrected chi connectivity index (χ1v) is 5.47. The Morgan fingerprint density at radius 2 is 2.64 bits per heavy atom. The lowest BCUT2D eigenvalue weighted by Crippen LogP contribution is -2.20. The molecule has 0 aliphatic carbocycles. The van der Waals surface area contributed by atoms with Crippen LogP contribution in [0, 0.1) is 17.2 Å². The third-order valence-electron chi connectivity index (χ3n) is 2.54. The number of aromatic nitrogens is 2. The van der Waals surface area contributed by atoms with E-state index in [0.29, 0.717) is 12.3 Å². The number of hydrogen-bond donors (Lipinski definition) is 0. The van der Waals surface area contributed by atoms with Crippen molar-refractivity contribution in [2.24, 2.45) is 5.92 Å². The summed E-state index contributed by atoms with van der Waals surface area (Å²) in [5.74, 6) is 0.562. The minimum absolute atomic E-state index is 0.562. The Hall–Kier alpha value is -0.990. The standard InChI is InChI=1S/C9H12N4S/c10-3-1-8-2-4-13(6-8)7-9-5-11-14-12-9/h5,8H,1-2,4,6-7H2. The monoisotopic (exact) mass is 208 g/mol. The van der Waals surface area contributed by atoms with Crippen LogP contribution in [0.1, 0.15) is 18.5 Å². The summed E-state index contributed by atoms with van der Waals surface area (Å²) in [6.07, 6.45) is 3.65. The van der Waals surface area contributed by atoms with E-state index in [0.717, 1.165) is 31.7 Å². The molecule has 0 N–H and O–H groups in total. The van der Waals surface area contributed by atoms with Gasteiger partial charge in [-0.25, -0.2) is 0 Å². The van der Waals surface area contributed by atoms with Crippen LogP contribution < -0.4 is 0 Å². The second kappa shape index (κ2) is 4.49. The zero-order valence-electron chi connectivity index (χ0n) is 7.89. The van der Waals surface area contributed by atoms with Gasteiger partial charge in [0.25, 0.3) is 0 Å². The van der Waals surface area contributed by atoms with E-state index in [4.69, 9.17) is 5.26 Å². The van der Waals surface area contributed by atoms with Crippen LogP contribution in [-0.4, -0.2) is 26.7 Å². The van der Waals surface area contributed by atoms with Crippen LogP contribution in [-0.2, 0) is 6.54 Å². The van der Waals surface area contributed by atoms with Crippen molar-refractivity contribution in [3.05, 3.63) is 11.9 Å². The number of hydrogen-bond acceptors (Lipinski definition) is 5. The van der Waals surface area contributed by atoms with Crippen molar-refractivity contribution >= 4 is 11.7 Å². The zero-order valence-corrected chi connectivity index (χ0v) is 8.70. The molecule has 5 heteroatoms. The molecular weight excluding hydrogens is 196 g/mol. The van der Waals surface area contributed by atoms with Crippen LogP contribution in [0.4, 0.5) is 0 Å². The summed E-state index contributed by atoms with van der Waals surface area (Å²) in [6.45, 7) is 3.01. The van der Waals surface area contributed by atoms with Crippen molar-refractivity contribution in [1.82, 2.24) is 13.6 Å². The van der Waals surface area contributed by atoms with E-state index >= 15 is 0 Å². The first kappa shape index (κ1) is 9.56. The van der Waals surface area contributed by atoms with Crippen molar-refractivity contribution in [3.63, 3.8) is 0 Å². The van der Waals surface area contributed by atoms with E-state index in [-0.39, 0.29) is 0 Å². The topological polar surface area (TPSA) is 52.8 Å². The molecule has 0 bridgehead atoms. The second-order valence-electron chi connectivity index (χ2n) is 3.65. The van der Waals surface area contributed by atoms with E-state index in [2.05, 4.69) is 19.7 Å². The third-order valence-corrected chi connectivity index (χ3v) is 3.06. The average Bonchev–Trinajstić information content (AvgIpc) is 2.79. The van der Waals surface area contributed by atoms with Crippen LogP contribution in [0.25, 0.3) is 0 Å². The van der Waals surface area contributed by atoms with Crippen LogP contribution in [0.15, 0.2) is 6.20 Å². The highest BCUT2D eigenvalue weighted by atomic mass is 32.1. The van der Waals surface area contributed by atoms with E-state index in [1.807, 2.05) is 6.20 Å². The van der Waals surface area contributed by atoms with E-state index in [9.17, 15) is 0 Å². The lowest BCUT2D eigenvalue weighted by molar-refractivity contribution is 0.314. The molecule has 2 rings (SSSR count). The summed E-state index contributed by atoms with van der Waals surface area (Å²) in [6, 6.07) is 2.24. The zero-order chi connectivity index (χ0) is 9.80. The molecule has 1 atom stereocenters. The predicted octanol–water partition coefficient (Wildman–Crippen LogP) is 1.27. The summed E-state index contributed by atoms with van der Waals surface area (Å²) in [5.41, 5.74) is 1.05. The van der Waals surface area contributed by atoms with Gasteiger partial charge < -0.3 is 0 Å². The summed E-state index contributed by atoms with van der Waals surface area (Å²) in [4.78, 5) is 2.35. The van der Waals surface area contributed by atoms with Crippen LogP contribution in [0.2, 0.25) is 0 Å². The van der Waals surface area contributed by atoms with Gasteiger partial charge in [0, 0.05) is 19.5 Å². The maximum absolute atomic E-state index is 8.58. The van der Waals surface area contributed by atoms with Gasteiger partial charge in [-0.3, -0.25) is 4.90 Å². The Kier molecular flexibility index (Phi) is 3.07. The molecule has 1 saturated heterocycles. The highest BCUT2D eigenvalue weighted by molar-refractivity contribution is 6.99. The van der Waals surface area contributed by atoms with E-state index in [1.165, 1.54) is 11.7 Å². The highest BCUT2D eigenvalue weighted by Gasteiger charge is 2.22. The van der Waals surface area contributed by atoms with Gasteiger partial charge in [-0.05, 0) is 18.9 Å². The van der Waals surface area contributed by atoms with Crippen molar-refractivity contribution in [2.45, 2.75) is 19.4 Å². The molecule has 0 radical (unpaired) electrons. The first-order chi connectivity index (χ1) is 6.88. The maximum Gasteiger partial charge on any atom is 0.0883 e. The van der Waals surface area contributed by atoms with Crippen LogP contribution in [0.3, 0.4) is 0 Å². The molecule has 74 valence electrons. The number of rotatable bonds is 3. The fourth-order valence-electron chi connectivity index (χ4n) is 1.83. The molecule has 1 aliphatic heterocycles. The van der Waals surface area contributed by atoms with Gasteiger partial charge in [-0.2, -0.15) is 14.0 Å². The van der Waals surface area contributed by atoms with Gasteiger partial charge in [0.2, 0.25) is 0 Å². The first-order valence-electron chi connectivity index (χ1n) is 4.74. The van der Waals surface area contributed by atoms with Crippen molar-refractivity contribution < 1.29 is 0 Å².